The van der Waals surface area contributed by atoms with Crippen LogP contribution in [0.1, 0.15) is 27.6 Å². The van der Waals surface area contributed by atoms with Crippen molar-refractivity contribution in [3.05, 3.63) is 53.1 Å². The van der Waals surface area contributed by atoms with Gasteiger partial charge >= 0.3 is 0 Å². The summed E-state index contributed by atoms with van der Waals surface area (Å²) in [6.45, 7) is 6.84. The molecule has 0 unspecified atom stereocenters. The van der Waals surface area contributed by atoms with E-state index in [0.29, 0.717) is 24.5 Å². The predicted molar refractivity (Wildman–Crippen MR) is 96.7 cm³/mol. The van der Waals surface area contributed by atoms with Crippen molar-refractivity contribution in [2.75, 3.05) is 13.7 Å². The largest absolute Gasteiger partial charge is 0.497 e. The second kappa shape index (κ2) is 7.38. The molecule has 136 valence electrons. The summed E-state index contributed by atoms with van der Waals surface area (Å²) in [5.41, 5.74) is 3.84. The van der Waals surface area contributed by atoms with Gasteiger partial charge in [-0.15, -0.1) is 5.10 Å². The molecule has 8 heteroatoms. The first-order chi connectivity index (χ1) is 12.5. The Morgan fingerprint density at radius 2 is 1.92 bits per heavy atom. The average Bonchev–Trinajstić information content (AvgIpc) is 3.16. The van der Waals surface area contributed by atoms with E-state index in [1.54, 1.807) is 11.8 Å². The molecular weight excluding hydrogens is 332 g/mol. The summed E-state index contributed by atoms with van der Waals surface area (Å²) in [6, 6.07) is 9.41. The topological polar surface area (TPSA) is 86.9 Å². The highest BCUT2D eigenvalue weighted by molar-refractivity contribution is 5.93. The van der Waals surface area contributed by atoms with E-state index in [0.717, 1.165) is 22.8 Å². The molecule has 3 rings (SSSR count). The van der Waals surface area contributed by atoms with E-state index >= 15 is 0 Å². The van der Waals surface area contributed by atoms with Crippen molar-refractivity contribution in [2.24, 2.45) is 0 Å². The fraction of sp³-hybridized carbons (Fsp3) is 0.333. The van der Waals surface area contributed by atoms with Crippen LogP contribution in [0.25, 0.3) is 5.69 Å². The molecule has 0 bridgehead atoms. The molecule has 0 spiro atoms. The second-order valence-corrected chi connectivity index (χ2v) is 6.04. The lowest BCUT2D eigenvalue weighted by atomic mass is 10.2. The molecule has 0 aliphatic heterocycles. The summed E-state index contributed by atoms with van der Waals surface area (Å²) in [5.74, 6) is 0.512. The third-order valence-electron chi connectivity index (χ3n) is 4.14. The highest BCUT2D eigenvalue weighted by Gasteiger charge is 2.17. The van der Waals surface area contributed by atoms with Crippen LogP contribution in [0.15, 0.2) is 30.3 Å². The molecule has 0 aliphatic carbocycles. The molecule has 0 fully saturated rings. The van der Waals surface area contributed by atoms with Crippen LogP contribution in [0.5, 0.6) is 5.75 Å². The molecule has 1 amide bonds. The highest BCUT2D eigenvalue weighted by Crippen LogP contribution is 2.16. The van der Waals surface area contributed by atoms with Crippen LogP contribution in [-0.2, 0) is 6.54 Å². The van der Waals surface area contributed by atoms with Crippen LogP contribution < -0.4 is 10.1 Å². The molecule has 26 heavy (non-hydrogen) atoms. The van der Waals surface area contributed by atoms with Crippen LogP contribution in [0.4, 0.5) is 0 Å². The van der Waals surface area contributed by atoms with Gasteiger partial charge in [0.05, 0.1) is 30.7 Å². The van der Waals surface area contributed by atoms with Crippen LogP contribution in [0.3, 0.4) is 0 Å². The van der Waals surface area contributed by atoms with Gasteiger partial charge in [0.15, 0.2) is 5.69 Å². The third kappa shape index (κ3) is 3.58. The van der Waals surface area contributed by atoms with E-state index in [9.17, 15) is 4.79 Å². The van der Waals surface area contributed by atoms with Gasteiger partial charge in [-0.1, -0.05) is 5.21 Å². The van der Waals surface area contributed by atoms with Crippen molar-refractivity contribution in [1.29, 1.82) is 0 Å². The first-order valence-corrected chi connectivity index (χ1v) is 8.35. The second-order valence-electron chi connectivity index (χ2n) is 6.04. The highest BCUT2D eigenvalue weighted by atomic mass is 16.5. The molecule has 1 aromatic carbocycles. The summed E-state index contributed by atoms with van der Waals surface area (Å²) >= 11 is 0. The lowest BCUT2D eigenvalue weighted by Gasteiger charge is -2.07. The van der Waals surface area contributed by atoms with Gasteiger partial charge in [0.2, 0.25) is 0 Å². The fourth-order valence-corrected chi connectivity index (χ4v) is 2.77. The number of carbonyl (C=O) groups is 1. The zero-order valence-electron chi connectivity index (χ0n) is 15.4. The number of carbonyl (C=O) groups excluding carboxylic acids is 1. The zero-order valence-corrected chi connectivity index (χ0v) is 15.4. The molecule has 0 saturated carbocycles. The van der Waals surface area contributed by atoms with E-state index in [1.807, 2.05) is 55.8 Å². The number of benzene rings is 1. The van der Waals surface area contributed by atoms with Gasteiger partial charge < -0.3 is 10.1 Å². The van der Waals surface area contributed by atoms with Gasteiger partial charge in [-0.2, -0.15) is 5.10 Å². The first-order valence-electron chi connectivity index (χ1n) is 8.35. The quantitative estimate of drug-likeness (QED) is 0.730. The Kier molecular flexibility index (Phi) is 5.01. The summed E-state index contributed by atoms with van der Waals surface area (Å²) in [6.07, 6.45) is 0. The molecule has 2 heterocycles. The Hall–Kier alpha value is -3.16. The lowest BCUT2D eigenvalue weighted by molar-refractivity contribution is 0.0946. The summed E-state index contributed by atoms with van der Waals surface area (Å²) in [5, 5.41) is 15.4. The van der Waals surface area contributed by atoms with Gasteiger partial charge in [-0.25, -0.2) is 4.68 Å². The van der Waals surface area contributed by atoms with Gasteiger partial charge in [0.1, 0.15) is 5.75 Å². The molecule has 1 N–H and O–H groups in total. The smallest absolute Gasteiger partial charge is 0.273 e. The van der Waals surface area contributed by atoms with E-state index in [2.05, 4.69) is 20.7 Å². The van der Waals surface area contributed by atoms with Gasteiger partial charge in [-0.3, -0.25) is 9.48 Å². The molecule has 0 aliphatic rings. The Morgan fingerprint density at radius 3 is 2.54 bits per heavy atom. The number of methoxy groups -OCH3 is 1. The number of nitrogens with one attached hydrogen (secondary N) is 1. The molecule has 0 atom stereocenters. The summed E-state index contributed by atoms with van der Waals surface area (Å²) < 4.78 is 8.66. The monoisotopic (exact) mass is 354 g/mol. The number of rotatable bonds is 6. The average molecular weight is 354 g/mol. The number of hydrogen-bond donors (Lipinski definition) is 1. The van der Waals surface area contributed by atoms with Crippen molar-refractivity contribution in [2.45, 2.75) is 27.3 Å². The third-order valence-corrected chi connectivity index (χ3v) is 4.14. The van der Waals surface area contributed by atoms with Gasteiger partial charge in [0.25, 0.3) is 5.91 Å². The number of aromatic nitrogens is 5. The van der Waals surface area contributed by atoms with Crippen molar-refractivity contribution in [3.8, 4) is 11.4 Å². The Labute approximate surface area is 151 Å². The summed E-state index contributed by atoms with van der Waals surface area (Å²) in [4.78, 5) is 12.4. The Bertz CT molecular complexity index is 910. The molecular formula is C18H22N6O2. The number of nitrogens with zero attached hydrogens (tertiary/aromatic N) is 5. The number of amides is 1. The van der Waals surface area contributed by atoms with Crippen LogP contribution >= 0.6 is 0 Å². The molecule has 8 nitrogen and oxygen atoms in total. The van der Waals surface area contributed by atoms with Gasteiger partial charge in [0, 0.05) is 12.2 Å². The maximum Gasteiger partial charge on any atom is 0.273 e. The number of ether oxygens (including phenoxy) is 1. The van der Waals surface area contributed by atoms with Gasteiger partial charge in [-0.05, 0) is 51.1 Å². The predicted octanol–water partition coefficient (Wildman–Crippen LogP) is 1.83. The standard InChI is InChI=1S/C18H22N6O2/c1-12-11-13(2)23(21-12)10-9-19-18(25)17-14(3)24(22-20-17)15-5-7-16(26-4)8-6-15/h5-8,11H,9-10H2,1-4H3,(H,19,25). The first kappa shape index (κ1) is 17.7. The lowest BCUT2D eigenvalue weighted by Crippen LogP contribution is -2.28. The minimum absolute atomic E-state index is 0.246. The maximum absolute atomic E-state index is 12.4. The zero-order chi connectivity index (χ0) is 18.7. The number of aryl methyl sites for hydroxylation is 2. The van der Waals surface area contributed by atoms with Crippen molar-refractivity contribution >= 4 is 5.91 Å². The van der Waals surface area contributed by atoms with Crippen LogP contribution in [-0.4, -0.2) is 44.3 Å². The normalized spacial score (nSPS) is 10.8. The van der Waals surface area contributed by atoms with E-state index in [4.69, 9.17) is 4.74 Å². The Balaban J connectivity index is 1.66. The molecule has 0 radical (unpaired) electrons. The van der Waals surface area contributed by atoms with E-state index < -0.39 is 0 Å². The molecule has 3 aromatic rings. The van der Waals surface area contributed by atoms with Crippen LogP contribution in [0.2, 0.25) is 0 Å². The van der Waals surface area contributed by atoms with Crippen molar-refractivity contribution in [3.63, 3.8) is 0 Å². The van der Waals surface area contributed by atoms with Crippen LogP contribution in [0, 0.1) is 20.8 Å². The summed E-state index contributed by atoms with van der Waals surface area (Å²) in [7, 11) is 1.62. The Morgan fingerprint density at radius 1 is 1.19 bits per heavy atom. The fourth-order valence-electron chi connectivity index (χ4n) is 2.77. The SMILES string of the molecule is COc1ccc(-n2nnc(C(=O)NCCn3nc(C)cc3C)c2C)cc1. The molecule has 0 saturated heterocycles. The maximum atomic E-state index is 12.4. The number of hydrogen-bond acceptors (Lipinski definition) is 5. The van der Waals surface area contributed by atoms with Crippen molar-refractivity contribution in [1.82, 2.24) is 30.1 Å². The van der Waals surface area contributed by atoms with E-state index in [1.165, 1.54) is 0 Å². The minimum atomic E-state index is -0.246. The van der Waals surface area contributed by atoms with E-state index in [-0.39, 0.29) is 5.91 Å². The van der Waals surface area contributed by atoms with Crippen molar-refractivity contribution < 1.29 is 9.53 Å². The minimum Gasteiger partial charge on any atom is -0.497 e. The molecule has 2 aromatic heterocycles.